The lowest BCUT2D eigenvalue weighted by atomic mass is 9.95. The topological polar surface area (TPSA) is 114 Å². The first kappa shape index (κ1) is 30.7. The zero-order chi connectivity index (χ0) is 27.2. The molecule has 216 valence electrons. The third-order valence-corrected chi connectivity index (χ3v) is 7.38. The van der Waals surface area contributed by atoms with Gasteiger partial charge in [0.25, 0.3) is 0 Å². The van der Waals surface area contributed by atoms with Gasteiger partial charge in [0.15, 0.2) is 6.35 Å². The highest BCUT2D eigenvalue weighted by molar-refractivity contribution is 5.83. The van der Waals surface area contributed by atoms with E-state index in [2.05, 4.69) is 33.5 Å². The number of aliphatic hydroxyl groups is 1. The van der Waals surface area contributed by atoms with Gasteiger partial charge in [0, 0.05) is 32.7 Å². The number of amides is 1. The van der Waals surface area contributed by atoms with Crippen LogP contribution in [0.4, 0.5) is 0 Å². The highest BCUT2D eigenvalue weighted by Gasteiger charge is 2.44. The largest absolute Gasteiger partial charge is 0.495 e. The second kappa shape index (κ2) is 17.0. The molecule has 3 rings (SSSR count). The molecule has 2 heterocycles. The van der Waals surface area contributed by atoms with E-state index in [1.54, 1.807) is 12.7 Å². The molecule has 3 aliphatic rings. The van der Waals surface area contributed by atoms with Gasteiger partial charge in [0.2, 0.25) is 5.91 Å². The predicted molar refractivity (Wildman–Crippen MR) is 146 cm³/mol. The summed E-state index contributed by atoms with van der Waals surface area (Å²) in [7, 11) is 1.65. The van der Waals surface area contributed by atoms with Crippen molar-refractivity contribution in [2.75, 3.05) is 59.8 Å². The Labute approximate surface area is 227 Å². The molecule has 10 nitrogen and oxygen atoms in total. The Morgan fingerprint density at radius 1 is 1.18 bits per heavy atom. The van der Waals surface area contributed by atoms with Gasteiger partial charge in [-0.05, 0) is 51.0 Å². The van der Waals surface area contributed by atoms with Crippen molar-refractivity contribution in [2.24, 2.45) is 0 Å². The van der Waals surface area contributed by atoms with Gasteiger partial charge in [0.05, 0.1) is 39.2 Å². The number of ether oxygens (including phenoxy) is 4. The van der Waals surface area contributed by atoms with Gasteiger partial charge >= 0.3 is 0 Å². The molecule has 4 N–H and O–H groups in total. The average molecular weight is 537 g/mol. The fourth-order valence-electron chi connectivity index (χ4n) is 5.25. The molecule has 1 aliphatic carbocycles. The molecule has 3 unspecified atom stereocenters. The first-order valence-corrected chi connectivity index (χ1v) is 14.0. The van der Waals surface area contributed by atoms with Crippen LogP contribution in [0.15, 0.2) is 35.6 Å². The number of aliphatic hydroxyl groups excluding tert-OH is 1. The number of carbonyl (C=O) groups is 1. The molecule has 0 bridgehead atoms. The van der Waals surface area contributed by atoms with Crippen LogP contribution in [0.2, 0.25) is 0 Å². The number of hydrogen-bond donors (Lipinski definition) is 4. The number of piperazine rings is 1. The van der Waals surface area contributed by atoms with Crippen LogP contribution in [0.5, 0.6) is 0 Å². The lowest BCUT2D eigenvalue weighted by molar-refractivity contribution is -0.139. The van der Waals surface area contributed by atoms with Crippen molar-refractivity contribution in [3.63, 3.8) is 0 Å². The molecule has 2 fully saturated rings. The molecule has 2 aliphatic heterocycles. The normalized spacial score (nSPS) is 26.7. The van der Waals surface area contributed by atoms with Crippen molar-refractivity contribution >= 4 is 5.91 Å². The summed E-state index contributed by atoms with van der Waals surface area (Å²) < 4.78 is 22.2. The van der Waals surface area contributed by atoms with Crippen LogP contribution in [-0.4, -0.2) is 100 Å². The number of hydrogen-bond acceptors (Lipinski definition) is 9. The van der Waals surface area contributed by atoms with Crippen LogP contribution in [0.25, 0.3) is 0 Å². The summed E-state index contributed by atoms with van der Waals surface area (Å²) in [6.45, 7) is 10.5. The first-order chi connectivity index (χ1) is 18.5. The Hall–Kier alpha value is -1.79. The Bertz CT molecular complexity index is 804. The number of fused-ring (bicyclic) bond motifs is 1. The van der Waals surface area contributed by atoms with Gasteiger partial charge in [-0.2, -0.15) is 0 Å². The molecule has 0 spiro atoms. The van der Waals surface area contributed by atoms with Gasteiger partial charge in [0.1, 0.15) is 18.4 Å². The minimum absolute atomic E-state index is 0.0854. The predicted octanol–water partition coefficient (Wildman–Crippen LogP) is 1.78. The van der Waals surface area contributed by atoms with E-state index in [1.165, 1.54) is 25.7 Å². The molecule has 0 radical (unpaired) electrons. The minimum atomic E-state index is -1.07. The van der Waals surface area contributed by atoms with E-state index >= 15 is 0 Å². The second-order valence-corrected chi connectivity index (χ2v) is 10.1. The van der Waals surface area contributed by atoms with Crippen LogP contribution >= 0.6 is 0 Å². The molecule has 2 saturated heterocycles. The van der Waals surface area contributed by atoms with E-state index < -0.39 is 12.4 Å². The van der Waals surface area contributed by atoms with Gasteiger partial charge in [-0.15, -0.1) is 0 Å². The highest BCUT2D eigenvalue weighted by Crippen LogP contribution is 2.26. The third kappa shape index (κ3) is 9.75. The first-order valence-electron chi connectivity index (χ1n) is 14.0. The van der Waals surface area contributed by atoms with Crippen LogP contribution in [0, 0.1) is 0 Å². The van der Waals surface area contributed by atoms with E-state index in [1.807, 2.05) is 13.0 Å². The maximum Gasteiger partial charge on any atom is 0.243 e. The van der Waals surface area contributed by atoms with Gasteiger partial charge in [-0.1, -0.05) is 24.3 Å². The zero-order valence-corrected chi connectivity index (χ0v) is 23.2. The number of nitrogens with zero attached hydrogens (tertiary/aromatic N) is 1. The van der Waals surface area contributed by atoms with E-state index in [9.17, 15) is 9.90 Å². The molecule has 1 amide bonds. The Morgan fingerprint density at radius 2 is 1.95 bits per heavy atom. The number of nitrogens with one attached hydrogen (secondary N) is 3. The number of allylic oxidation sites excluding steroid dienone is 4. The summed E-state index contributed by atoms with van der Waals surface area (Å²) in [6.07, 6.45) is 10.5. The van der Waals surface area contributed by atoms with Gasteiger partial charge < -0.3 is 34.7 Å². The summed E-state index contributed by atoms with van der Waals surface area (Å²) in [4.78, 5) is 14.9. The van der Waals surface area contributed by atoms with Crippen LogP contribution in [0.1, 0.15) is 51.9 Å². The molecule has 4 atom stereocenters. The molecule has 10 heteroatoms. The molecular weight excluding hydrogens is 488 g/mol. The molecule has 0 aromatic carbocycles. The quantitative estimate of drug-likeness (QED) is 0.0956. The smallest absolute Gasteiger partial charge is 0.243 e. The summed E-state index contributed by atoms with van der Waals surface area (Å²) in [5.41, 5.74) is 2.53. The fraction of sp³-hybridized carbons (Fsp3) is 0.750. The van der Waals surface area contributed by atoms with Crippen molar-refractivity contribution in [3.05, 3.63) is 35.6 Å². The van der Waals surface area contributed by atoms with Crippen molar-refractivity contribution in [1.29, 1.82) is 0 Å². The fourth-order valence-corrected chi connectivity index (χ4v) is 5.25. The molecule has 0 saturated carbocycles. The van der Waals surface area contributed by atoms with E-state index in [0.29, 0.717) is 52.6 Å². The maximum atomic E-state index is 12.6. The Kier molecular flexibility index (Phi) is 13.8. The zero-order valence-electron chi connectivity index (χ0n) is 23.2. The molecule has 0 aromatic heterocycles. The lowest BCUT2D eigenvalue weighted by Crippen LogP contribution is -2.77. The van der Waals surface area contributed by atoms with E-state index in [4.69, 9.17) is 18.9 Å². The van der Waals surface area contributed by atoms with E-state index in [0.717, 1.165) is 30.7 Å². The van der Waals surface area contributed by atoms with Gasteiger partial charge in [-0.3, -0.25) is 15.0 Å². The summed E-state index contributed by atoms with van der Waals surface area (Å²) >= 11 is 0. The Balaban J connectivity index is 1.57. The standard InChI is InChI=1S/C28H48N4O6/c1-4-21(2)24(38-18-17-37-16-15-36-14-13-35-3)19-23-20-29-25-26(30-28(34)31-27(25)33)32(23)12-8-11-22-9-6-5-7-10-22/h4,9,23,25-26,28-30,34H,1,5-8,10-20H2,2-3H3,(H,31,33)/b24-21+/t23?,25?,26-,28?/m0/s1. The monoisotopic (exact) mass is 536 g/mol. The summed E-state index contributed by atoms with van der Waals surface area (Å²) in [5.74, 6) is 0.684. The van der Waals surface area contributed by atoms with Crippen molar-refractivity contribution in [2.45, 2.75) is 76.5 Å². The van der Waals surface area contributed by atoms with Gasteiger partial charge in [-0.25, -0.2) is 0 Å². The van der Waals surface area contributed by atoms with E-state index in [-0.39, 0.29) is 18.1 Å². The molecule has 0 aromatic rings. The number of methoxy groups -OCH3 is 1. The molecular formula is C28H48N4O6. The minimum Gasteiger partial charge on any atom is -0.495 e. The number of carbonyl (C=O) groups excluding carboxylic acids is 1. The summed E-state index contributed by atoms with van der Waals surface area (Å²) in [5, 5.41) is 19.4. The third-order valence-electron chi connectivity index (χ3n) is 7.38. The van der Waals surface area contributed by atoms with Crippen LogP contribution in [0.3, 0.4) is 0 Å². The lowest BCUT2D eigenvalue weighted by Gasteiger charge is -2.49. The maximum absolute atomic E-state index is 12.6. The van der Waals surface area contributed by atoms with Crippen molar-refractivity contribution in [1.82, 2.24) is 20.9 Å². The number of rotatable bonds is 17. The summed E-state index contributed by atoms with van der Waals surface area (Å²) in [6, 6.07) is -0.334. The van der Waals surface area contributed by atoms with Crippen molar-refractivity contribution < 1.29 is 28.8 Å². The average Bonchev–Trinajstić information content (AvgIpc) is 2.92. The Morgan fingerprint density at radius 3 is 2.66 bits per heavy atom. The SMILES string of the molecule is C=C/C(C)=C(\CC1CNC2C(=O)NC(O)N[C@H]2N1CCCC1=CCCCC1)OCCOCCOCCOC. The van der Waals surface area contributed by atoms with Crippen molar-refractivity contribution in [3.8, 4) is 0 Å². The second-order valence-electron chi connectivity index (χ2n) is 10.1. The van der Waals surface area contributed by atoms with Crippen LogP contribution in [-0.2, 0) is 23.7 Å². The molecule has 38 heavy (non-hydrogen) atoms. The highest BCUT2D eigenvalue weighted by atomic mass is 16.6. The van der Waals surface area contributed by atoms with Crippen LogP contribution < -0.4 is 16.0 Å².